The molecule has 0 fully saturated rings. The number of aromatic nitrogens is 1. The summed E-state index contributed by atoms with van der Waals surface area (Å²) in [5, 5.41) is 0. The number of hydrogen-bond donors (Lipinski definition) is 0. The van der Waals surface area contributed by atoms with E-state index in [1.54, 1.807) is 47.5 Å². The van der Waals surface area contributed by atoms with Crippen LogP contribution >= 0.6 is 0 Å². The van der Waals surface area contributed by atoms with Gasteiger partial charge in [0.2, 0.25) is 5.91 Å². The highest BCUT2D eigenvalue weighted by molar-refractivity contribution is 5.96. The molecule has 0 aliphatic heterocycles. The van der Waals surface area contributed by atoms with Crippen LogP contribution in [0.5, 0.6) is 5.75 Å². The number of rotatable bonds is 13. The van der Waals surface area contributed by atoms with E-state index in [9.17, 15) is 22.8 Å². The Morgan fingerprint density at radius 3 is 2.21 bits per heavy atom. The molecular formula is C33H34F3N3O4. The maximum atomic E-state index is 13.8. The van der Waals surface area contributed by atoms with Crippen molar-refractivity contribution >= 4 is 11.8 Å². The average Bonchev–Trinajstić information content (AvgIpc) is 3.44. The molecule has 43 heavy (non-hydrogen) atoms. The number of halogens is 3. The predicted molar refractivity (Wildman–Crippen MR) is 156 cm³/mol. The number of hydrogen-bond acceptors (Lipinski definition) is 4. The van der Waals surface area contributed by atoms with Gasteiger partial charge >= 0.3 is 6.18 Å². The lowest BCUT2D eigenvalue weighted by Crippen LogP contribution is -2.44. The van der Waals surface area contributed by atoms with Crippen molar-refractivity contribution in [2.75, 3.05) is 33.9 Å². The summed E-state index contributed by atoms with van der Waals surface area (Å²) in [6, 6.07) is 25.0. The molecule has 0 aliphatic carbocycles. The number of nitrogens with zero attached hydrogens (tertiary/aromatic N) is 3. The van der Waals surface area contributed by atoms with Crippen LogP contribution in [0.1, 0.15) is 32.7 Å². The van der Waals surface area contributed by atoms with E-state index in [1.807, 2.05) is 41.0 Å². The molecule has 226 valence electrons. The van der Waals surface area contributed by atoms with Crippen LogP contribution in [0, 0.1) is 0 Å². The smallest absolute Gasteiger partial charge is 0.416 e. The number of carbonyl (C=O) groups excluding carboxylic acids is 2. The van der Waals surface area contributed by atoms with Crippen LogP contribution in [0.15, 0.2) is 97.2 Å². The second kappa shape index (κ2) is 14.6. The summed E-state index contributed by atoms with van der Waals surface area (Å²) >= 11 is 0. The second-order valence-electron chi connectivity index (χ2n) is 10.0. The summed E-state index contributed by atoms with van der Waals surface area (Å²) < 4.78 is 52.1. The predicted octanol–water partition coefficient (Wildman–Crippen LogP) is 5.88. The van der Waals surface area contributed by atoms with Crippen molar-refractivity contribution in [3.05, 3.63) is 125 Å². The van der Waals surface area contributed by atoms with Gasteiger partial charge in [-0.15, -0.1) is 0 Å². The van der Waals surface area contributed by atoms with Crippen molar-refractivity contribution in [2.45, 2.75) is 25.8 Å². The average molecular weight is 594 g/mol. The summed E-state index contributed by atoms with van der Waals surface area (Å²) in [7, 11) is 3.07. The third-order valence-electron chi connectivity index (χ3n) is 6.97. The lowest BCUT2D eigenvalue weighted by Gasteiger charge is -2.28. The lowest BCUT2D eigenvalue weighted by molar-refractivity contribution is -0.137. The number of benzene rings is 3. The molecule has 0 radical (unpaired) electrons. The number of methoxy groups -OCH3 is 2. The Labute approximate surface area is 249 Å². The van der Waals surface area contributed by atoms with Gasteiger partial charge in [0.15, 0.2) is 0 Å². The molecule has 4 aromatic rings. The van der Waals surface area contributed by atoms with Crippen molar-refractivity contribution in [2.24, 2.45) is 0 Å². The number of ether oxygens (including phenoxy) is 2. The van der Waals surface area contributed by atoms with Gasteiger partial charge in [-0.05, 0) is 59.7 Å². The van der Waals surface area contributed by atoms with Crippen LogP contribution in [0.4, 0.5) is 13.2 Å². The Morgan fingerprint density at radius 2 is 1.53 bits per heavy atom. The minimum Gasteiger partial charge on any atom is -0.497 e. The van der Waals surface area contributed by atoms with E-state index in [4.69, 9.17) is 9.47 Å². The van der Waals surface area contributed by atoms with E-state index in [1.165, 1.54) is 25.2 Å². The fraction of sp³-hybridized carbons (Fsp3) is 0.273. The largest absolute Gasteiger partial charge is 0.497 e. The minimum atomic E-state index is -4.44. The molecule has 0 spiro atoms. The molecule has 0 unspecified atom stereocenters. The molecule has 0 saturated heterocycles. The van der Waals surface area contributed by atoms with Gasteiger partial charge in [0.1, 0.15) is 12.3 Å². The first-order valence-electron chi connectivity index (χ1n) is 13.7. The zero-order valence-electron chi connectivity index (χ0n) is 24.1. The van der Waals surface area contributed by atoms with Crippen molar-refractivity contribution in [3.8, 4) is 5.75 Å². The molecule has 10 heteroatoms. The third-order valence-corrected chi connectivity index (χ3v) is 6.97. The molecule has 4 rings (SSSR count). The quantitative estimate of drug-likeness (QED) is 0.194. The van der Waals surface area contributed by atoms with Crippen molar-refractivity contribution in [1.29, 1.82) is 0 Å². The lowest BCUT2D eigenvalue weighted by atomic mass is 10.1. The van der Waals surface area contributed by atoms with E-state index in [2.05, 4.69) is 0 Å². The van der Waals surface area contributed by atoms with E-state index in [0.717, 1.165) is 23.4 Å². The van der Waals surface area contributed by atoms with Crippen LogP contribution < -0.4 is 4.74 Å². The van der Waals surface area contributed by atoms with Gasteiger partial charge in [-0.25, -0.2) is 0 Å². The van der Waals surface area contributed by atoms with Gasteiger partial charge in [0, 0.05) is 44.2 Å². The van der Waals surface area contributed by atoms with Crippen LogP contribution in [-0.4, -0.2) is 60.1 Å². The molecule has 2 amide bonds. The first-order valence-corrected chi connectivity index (χ1v) is 13.7. The third kappa shape index (κ3) is 8.71. The maximum absolute atomic E-state index is 13.8. The van der Waals surface area contributed by atoms with Crippen LogP contribution in [0.25, 0.3) is 0 Å². The van der Waals surface area contributed by atoms with Gasteiger partial charge in [-0.1, -0.05) is 42.5 Å². The molecule has 0 saturated carbocycles. The fourth-order valence-corrected chi connectivity index (χ4v) is 4.65. The molecule has 7 nitrogen and oxygen atoms in total. The zero-order valence-corrected chi connectivity index (χ0v) is 24.1. The minimum absolute atomic E-state index is 0.185. The molecule has 1 heterocycles. The van der Waals surface area contributed by atoms with Crippen molar-refractivity contribution in [1.82, 2.24) is 14.4 Å². The summed E-state index contributed by atoms with van der Waals surface area (Å²) in [5.41, 5.74) is 1.83. The second-order valence-corrected chi connectivity index (χ2v) is 10.0. The van der Waals surface area contributed by atoms with E-state index in [0.29, 0.717) is 16.9 Å². The van der Waals surface area contributed by atoms with Crippen LogP contribution in [-0.2, 0) is 35.3 Å². The SMILES string of the molecule is COCCN(CC(=O)N(Cc1ccccc1)Cc1cccn1Cc1cccc(C(F)(F)F)c1)C(=O)c1ccc(OC)cc1. The standard InChI is InChI=1S/C33H34F3N3O4/c1-42-19-18-38(32(41)27-13-15-30(43-2)16-14-27)24-31(40)39(21-25-8-4-3-5-9-25)23-29-12-7-17-37(29)22-26-10-6-11-28(20-26)33(34,35)36/h3-17,20H,18-19,21-24H2,1-2H3. The van der Waals surface area contributed by atoms with Crippen molar-refractivity contribution in [3.63, 3.8) is 0 Å². The maximum Gasteiger partial charge on any atom is 0.416 e. The Kier molecular flexibility index (Phi) is 10.6. The highest BCUT2D eigenvalue weighted by Crippen LogP contribution is 2.30. The summed E-state index contributed by atoms with van der Waals surface area (Å²) in [5.74, 6) is 0.00695. The zero-order chi connectivity index (χ0) is 30.8. The molecule has 1 aromatic heterocycles. The van der Waals surface area contributed by atoms with Gasteiger partial charge in [-0.3, -0.25) is 9.59 Å². The highest BCUT2D eigenvalue weighted by Gasteiger charge is 2.30. The van der Waals surface area contributed by atoms with Gasteiger partial charge in [0.05, 0.1) is 25.8 Å². The van der Waals surface area contributed by atoms with E-state index >= 15 is 0 Å². The van der Waals surface area contributed by atoms with Crippen LogP contribution in [0.2, 0.25) is 0 Å². The van der Waals surface area contributed by atoms with Gasteiger partial charge < -0.3 is 23.8 Å². The Balaban J connectivity index is 1.57. The molecule has 0 N–H and O–H groups in total. The first-order chi connectivity index (χ1) is 20.7. The number of alkyl halides is 3. The summed E-state index contributed by atoms with van der Waals surface area (Å²) in [6.07, 6.45) is -2.66. The summed E-state index contributed by atoms with van der Waals surface area (Å²) in [4.78, 5) is 30.4. The van der Waals surface area contributed by atoms with E-state index in [-0.39, 0.29) is 51.1 Å². The highest BCUT2D eigenvalue weighted by atomic mass is 19.4. The molecule has 0 atom stereocenters. The Morgan fingerprint density at radius 1 is 0.814 bits per heavy atom. The number of carbonyl (C=O) groups is 2. The fourth-order valence-electron chi connectivity index (χ4n) is 4.65. The monoisotopic (exact) mass is 593 g/mol. The van der Waals surface area contributed by atoms with Gasteiger partial charge in [0.25, 0.3) is 5.91 Å². The topological polar surface area (TPSA) is 64.0 Å². The summed E-state index contributed by atoms with van der Waals surface area (Å²) in [6.45, 7) is 0.939. The van der Waals surface area contributed by atoms with Crippen molar-refractivity contribution < 1.29 is 32.2 Å². The molecular weight excluding hydrogens is 559 g/mol. The Hall–Kier alpha value is -4.57. The molecule has 0 aliphatic rings. The van der Waals surface area contributed by atoms with E-state index < -0.39 is 11.7 Å². The van der Waals surface area contributed by atoms with Gasteiger partial charge in [-0.2, -0.15) is 13.2 Å². The molecule has 3 aromatic carbocycles. The number of amides is 2. The molecule has 0 bridgehead atoms. The Bertz CT molecular complexity index is 1490. The normalized spacial score (nSPS) is 11.3. The first kappa shape index (κ1) is 31.4. The van der Waals surface area contributed by atoms with Crippen LogP contribution in [0.3, 0.4) is 0 Å².